The van der Waals surface area contributed by atoms with Crippen LogP contribution >= 0.6 is 0 Å². The molecule has 0 amide bonds. The fourth-order valence-electron chi connectivity index (χ4n) is 1.23. The Labute approximate surface area is 76.2 Å². The molecule has 0 saturated heterocycles. The molecule has 13 heavy (non-hydrogen) atoms. The molecule has 0 bridgehead atoms. The SMILES string of the molecule is Cc1ncc(N)cc1-c1ccco1. The minimum Gasteiger partial charge on any atom is -0.464 e. The van der Waals surface area contributed by atoms with E-state index >= 15 is 0 Å². The molecule has 2 rings (SSSR count). The van der Waals surface area contributed by atoms with Crippen molar-refractivity contribution in [2.75, 3.05) is 5.73 Å². The molecule has 2 aromatic rings. The summed E-state index contributed by atoms with van der Waals surface area (Å²) in [5, 5.41) is 0. The number of pyridine rings is 1. The summed E-state index contributed by atoms with van der Waals surface area (Å²) in [4.78, 5) is 4.15. The van der Waals surface area contributed by atoms with Gasteiger partial charge < -0.3 is 10.2 Å². The molecule has 0 saturated carbocycles. The lowest BCUT2D eigenvalue weighted by molar-refractivity contribution is 0.581. The minimum atomic E-state index is 0.650. The van der Waals surface area contributed by atoms with Crippen LogP contribution in [0.15, 0.2) is 35.1 Å². The molecule has 0 aromatic carbocycles. The molecule has 3 nitrogen and oxygen atoms in total. The van der Waals surface area contributed by atoms with Gasteiger partial charge in [0.2, 0.25) is 0 Å². The lowest BCUT2D eigenvalue weighted by Crippen LogP contribution is -1.91. The number of anilines is 1. The van der Waals surface area contributed by atoms with Gasteiger partial charge in [-0.3, -0.25) is 4.98 Å². The molecule has 2 heterocycles. The highest BCUT2D eigenvalue weighted by atomic mass is 16.3. The van der Waals surface area contributed by atoms with Crippen molar-refractivity contribution >= 4 is 5.69 Å². The molecule has 0 aliphatic carbocycles. The summed E-state index contributed by atoms with van der Waals surface area (Å²) in [6, 6.07) is 5.60. The molecular formula is C10H10N2O. The highest BCUT2D eigenvalue weighted by molar-refractivity contribution is 5.64. The minimum absolute atomic E-state index is 0.650. The Hall–Kier alpha value is -1.77. The zero-order valence-electron chi connectivity index (χ0n) is 7.32. The van der Waals surface area contributed by atoms with E-state index in [1.54, 1.807) is 12.5 Å². The van der Waals surface area contributed by atoms with Crippen molar-refractivity contribution in [3.63, 3.8) is 0 Å². The Balaban J connectivity index is 2.57. The van der Waals surface area contributed by atoms with Crippen molar-refractivity contribution in [2.45, 2.75) is 6.92 Å². The second-order valence-corrected chi connectivity index (χ2v) is 2.88. The van der Waals surface area contributed by atoms with Crippen LogP contribution in [0.2, 0.25) is 0 Å². The third-order valence-corrected chi connectivity index (χ3v) is 1.89. The number of furan rings is 1. The number of rotatable bonds is 1. The standard InChI is InChI=1S/C10H10N2O/c1-7-9(5-8(11)6-12-7)10-3-2-4-13-10/h2-6H,11H2,1H3. The molecular weight excluding hydrogens is 164 g/mol. The molecule has 2 N–H and O–H groups in total. The molecule has 0 radical (unpaired) electrons. The van der Waals surface area contributed by atoms with Gasteiger partial charge in [-0.25, -0.2) is 0 Å². The summed E-state index contributed by atoms with van der Waals surface area (Å²) in [6.07, 6.45) is 3.28. The van der Waals surface area contributed by atoms with Crippen molar-refractivity contribution < 1.29 is 4.42 Å². The molecule has 66 valence electrons. The number of aromatic nitrogens is 1. The van der Waals surface area contributed by atoms with E-state index in [0.717, 1.165) is 17.0 Å². The summed E-state index contributed by atoms with van der Waals surface area (Å²) in [6.45, 7) is 1.93. The van der Waals surface area contributed by atoms with Crippen LogP contribution in [0.3, 0.4) is 0 Å². The zero-order chi connectivity index (χ0) is 9.26. The van der Waals surface area contributed by atoms with Crippen LogP contribution in [0.5, 0.6) is 0 Å². The van der Waals surface area contributed by atoms with Crippen LogP contribution in [0.1, 0.15) is 5.69 Å². The fourth-order valence-corrected chi connectivity index (χ4v) is 1.23. The van der Waals surface area contributed by atoms with Crippen molar-refractivity contribution in [2.24, 2.45) is 0 Å². The maximum atomic E-state index is 5.63. The lowest BCUT2D eigenvalue weighted by Gasteiger charge is -2.01. The van der Waals surface area contributed by atoms with Gasteiger partial charge in [0.1, 0.15) is 5.76 Å². The van der Waals surface area contributed by atoms with Gasteiger partial charge in [0.15, 0.2) is 0 Å². The predicted octanol–water partition coefficient (Wildman–Crippen LogP) is 2.23. The van der Waals surface area contributed by atoms with E-state index in [-0.39, 0.29) is 0 Å². The average molecular weight is 174 g/mol. The average Bonchev–Trinajstić information content (AvgIpc) is 2.61. The van der Waals surface area contributed by atoms with E-state index < -0.39 is 0 Å². The third kappa shape index (κ3) is 1.40. The second kappa shape index (κ2) is 2.94. The van der Waals surface area contributed by atoms with Crippen LogP contribution < -0.4 is 5.73 Å². The summed E-state index contributed by atoms with van der Waals surface area (Å²) in [7, 11) is 0. The van der Waals surface area contributed by atoms with Crippen molar-refractivity contribution in [3.8, 4) is 11.3 Å². The van der Waals surface area contributed by atoms with Crippen LogP contribution in [-0.4, -0.2) is 4.98 Å². The van der Waals surface area contributed by atoms with E-state index in [2.05, 4.69) is 4.98 Å². The van der Waals surface area contributed by atoms with E-state index in [4.69, 9.17) is 10.2 Å². The number of aryl methyl sites for hydroxylation is 1. The monoisotopic (exact) mass is 174 g/mol. The number of nitrogens with two attached hydrogens (primary N) is 1. The van der Waals surface area contributed by atoms with Gasteiger partial charge in [-0.05, 0) is 25.1 Å². The Bertz CT molecular complexity index is 407. The van der Waals surface area contributed by atoms with Gasteiger partial charge in [-0.2, -0.15) is 0 Å². The number of hydrogen-bond donors (Lipinski definition) is 1. The van der Waals surface area contributed by atoms with Gasteiger partial charge in [-0.1, -0.05) is 0 Å². The van der Waals surface area contributed by atoms with Crippen molar-refractivity contribution in [3.05, 3.63) is 36.4 Å². The predicted molar refractivity (Wildman–Crippen MR) is 51.1 cm³/mol. The van der Waals surface area contributed by atoms with E-state index in [1.807, 2.05) is 25.1 Å². The quantitative estimate of drug-likeness (QED) is 0.721. The smallest absolute Gasteiger partial charge is 0.135 e. The first kappa shape index (κ1) is 7.86. The maximum Gasteiger partial charge on any atom is 0.135 e. The van der Waals surface area contributed by atoms with Crippen LogP contribution in [-0.2, 0) is 0 Å². The molecule has 0 atom stereocenters. The van der Waals surface area contributed by atoms with Gasteiger partial charge in [0.25, 0.3) is 0 Å². The summed E-state index contributed by atoms with van der Waals surface area (Å²) >= 11 is 0. The van der Waals surface area contributed by atoms with E-state index in [0.29, 0.717) is 5.69 Å². The van der Waals surface area contributed by atoms with Crippen molar-refractivity contribution in [1.29, 1.82) is 0 Å². The Morgan fingerprint density at radius 2 is 2.31 bits per heavy atom. The molecule has 2 aromatic heterocycles. The highest BCUT2D eigenvalue weighted by Gasteiger charge is 2.05. The lowest BCUT2D eigenvalue weighted by atomic mass is 10.1. The molecule has 0 spiro atoms. The first-order chi connectivity index (χ1) is 6.27. The summed E-state index contributed by atoms with van der Waals surface area (Å²) in [5.41, 5.74) is 8.15. The van der Waals surface area contributed by atoms with Crippen LogP contribution in [0.4, 0.5) is 5.69 Å². The maximum absolute atomic E-state index is 5.63. The number of hydrogen-bond acceptors (Lipinski definition) is 3. The Morgan fingerprint density at radius 1 is 1.46 bits per heavy atom. The highest BCUT2D eigenvalue weighted by Crippen LogP contribution is 2.23. The first-order valence-corrected chi connectivity index (χ1v) is 4.03. The number of nitrogens with zero attached hydrogens (tertiary/aromatic N) is 1. The summed E-state index contributed by atoms with van der Waals surface area (Å²) in [5.74, 6) is 0.803. The molecule has 3 heteroatoms. The van der Waals surface area contributed by atoms with Crippen molar-refractivity contribution in [1.82, 2.24) is 4.98 Å². The van der Waals surface area contributed by atoms with Gasteiger partial charge in [0, 0.05) is 11.3 Å². The molecule has 0 aliphatic heterocycles. The van der Waals surface area contributed by atoms with Gasteiger partial charge in [-0.15, -0.1) is 0 Å². The van der Waals surface area contributed by atoms with E-state index in [9.17, 15) is 0 Å². The van der Waals surface area contributed by atoms with Gasteiger partial charge >= 0.3 is 0 Å². The normalized spacial score (nSPS) is 10.2. The molecule has 0 aliphatic rings. The third-order valence-electron chi connectivity index (χ3n) is 1.89. The van der Waals surface area contributed by atoms with Gasteiger partial charge in [0.05, 0.1) is 18.1 Å². The van der Waals surface area contributed by atoms with Crippen LogP contribution in [0.25, 0.3) is 11.3 Å². The zero-order valence-corrected chi connectivity index (χ0v) is 7.32. The molecule has 0 fully saturated rings. The Kier molecular flexibility index (Phi) is 1.77. The number of nitrogen functional groups attached to an aromatic ring is 1. The second-order valence-electron chi connectivity index (χ2n) is 2.88. The Morgan fingerprint density at radius 3 is 3.00 bits per heavy atom. The van der Waals surface area contributed by atoms with E-state index in [1.165, 1.54) is 0 Å². The first-order valence-electron chi connectivity index (χ1n) is 4.03. The summed E-state index contributed by atoms with van der Waals surface area (Å²) < 4.78 is 5.26. The largest absolute Gasteiger partial charge is 0.464 e. The van der Waals surface area contributed by atoms with Crippen LogP contribution in [0, 0.1) is 6.92 Å². The fraction of sp³-hybridized carbons (Fsp3) is 0.100. The topological polar surface area (TPSA) is 52.0 Å². The molecule has 0 unspecified atom stereocenters.